The summed E-state index contributed by atoms with van der Waals surface area (Å²) in [7, 11) is 0. The molecule has 0 aromatic heterocycles. The summed E-state index contributed by atoms with van der Waals surface area (Å²) in [5, 5.41) is 0. The Kier molecular flexibility index (Phi) is 11.7. The summed E-state index contributed by atoms with van der Waals surface area (Å²) in [4.78, 5) is 0. The molecule has 0 spiro atoms. The van der Waals surface area contributed by atoms with Gasteiger partial charge in [0.1, 0.15) is 0 Å². The summed E-state index contributed by atoms with van der Waals surface area (Å²) in [5.41, 5.74) is 0. The van der Waals surface area contributed by atoms with E-state index in [1.54, 1.807) is 0 Å². The lowest BCUT2D eigenvalue weighted by molar-refractivity contribution is 0.402. The van der Waals surface area contributed by atoms with Crippen molar-refractivity contribution >= 4 is 12.6 Å². The average Bonchev–Trinajstić information content (AvgIpc) is 2.22. The molecule has 0 aliphatic heterocycles. The Balaban J connectivity index is 3.24. The minimum Gasteiger partial charge on any atom is -0.0942 e. The third-order valence-electron chi connectivity index (χ3n) is 3.05. The van der Waals surface area contributed by atoms with E-state index in [4.69, 9.17) is 12.6 Å². The van der Waals surface area contributed by atoms with Crippen LogP contribution in [-0.4, -0.2) is 5.75 Å². The van der Waals surface area contributed by atoms with Gasteiger partial charge in [0, 0.05) is 5.75 Å². The molecule has 1 unspecified atom stereocenters. The molecule has 0 aromatic rings. The molecule has 85 valence electrons. The van der Waals surface area contributed by atoms with Crippen LogP contribution in [0.1, 0.15) is 71.6 Å². The Morgan fingerprint density at radius 3 is 2.07 bits per heavy atom. The summed E-state index contributed by atoms with van der Waals surface area (Å²) < 4.78 is 0. The van der Waals surface area contributed by atoms with E-state index >= 15 is 0 Å². The van der Waals surface area contributed by atoms with Gasteiger partial charge >= 0.3 is 0 Å². The minimum atomic E-state index is 0.951. The van der Waals surface area contributed by atoms with E-state index in [-0.39, 0.29) is 0 Å². The highest BCUT2D eigenvalue weighted by atomic mass is 32.1. The molecule has 0 aliphatic rings. The lowest BCUT2D eigenvalue weighted by atomic mass is 9.93. The topological polar surface area (TPSA) is 0 Å². The molecule has 14 heavy (non-hydrogen) atoms. The Morgan fingerprint density at radius 2 is 1.50 bits per heavy atom. The van der Waals surface area contributed by atoms with Gasteiger partial charge in [-0.1, -0.05) is 77.8 Å². The molecule has 0 aliphatic carbocycles. The largest absolute Gasteiger partial charge is 0.0942 e. The highest BCUT2D eigenvalue weighted by Gasteiger charge is 2.04. The standard InChI is InChI=1S/C13H27S/c1-3-5-10-13(4-2)11-8-6-7-9-12-14/h13H,3-12H2,1-2H3. The van der Waals surface area contributed by atoms with Crippen molar-refractivity contribution in [3.8, 4) is 0 Å². The van der Waals surface area contributed by atoms with Gasteiger partial charge in [-0.05, 0) is 12.3 Å². The van der Waals surface area contributed by atoms with E-state index in [1.807, 2.05) is 0 Å². The predicted molar refractivity (Wildman–Crippen MR) is 68.8 cm³/mol. The molecule has 0 saturated heterocycles. The fourth-order valence-corrected chi connectivity index (χ4v) is 2.14. The summed E-state index contributed by atoms with van der Waals surface area (Å²) >= 11 is 4.93. The van der Waals surface area contributed by atoms with Crippen molar-refractivity contribution in [2.45, 2.75) is 71.6 Å². The van der Waals surface area contributed by atoms with Gasteiger partial charge in [-0.15, -0.1) is 0 Å². The van der Waals surface area contributed by atoms with Gasteiger partial charge in [-0.3, -0.25) is 0 Å². The lowest BCUT2D eigenvalue weighted by Crippen LogP contribution is -1.98. The second kappa shape index (κ2) is 11.4. The number of unbranched alkanes of at least 4 members (excludes halogenated alkanes) is 4. The van der Waals surface area contributed by atoms with Crippen molar-refractivity contribution in [1.82, 2.24) is 0 Å². The molecule has 0 saturated carbocycles. The minimum absolute atomic E-state index is 0.951. The zero-order valence-corrected chi connectivity index (χ0v) is 10.9. The first-order chi connectivity index (χ1) is 6.85. The molecule has 0 bridgehead atoms. The molecular weight excluding hydrogens is 188 g/mol. The molecule has 0 N–H and O–H groups in total. The van der Waals surface area contributed by atoms with Crippen molar-refractivity contribution in [3.05, 3.63) is 0 Å². The summed E-state index contributed by atoms with van der Waals surface area (Å²) in [6.07, 6.45) is 12.5. The normalized spacial score (nSPS) is 13.1. The molecule has 0 amide bonds. The Bertz CT molecular complexity index is 101. The van der Waals surface area contributed by atoms with Gasteiger partial charge in [0.15, 0.2) is 0 Å². The molecule has 0 heterocycles. The van der Waals surface area contributed by atoms with Gasteiger partial charge in [-0.25, -0.2) is 0 Å². The highest BCUT2D eigenvalue weighted by molar-refractivity contribution is 7.80. The molecule has 0 nitrogen and oxygen atoms in total. The summed E-state index contributed by atoms with van der Waals surface area (Å²) in [5.74, 6) is 1.95. The van der Waals surface area contributed by atoms with E-state index in [0.717, 1.165) is 11.7 Å². The van der Waals surface area contributed by atoms with Gasteiger partial charge in [0.05, 0.1) is 0 Å². The van der Waals surface area contributed by atoms with Gasteiger partial charge in [-0.2, -0.15) is 0 Å². The van der Waals surface area contributed by atoms with E-state index in [1.165, 1.54) is 57.8 Å². The van der Waals surface area contributed by atoms with Gasteiger partial charge < -0.3 is 0 Å². The molecular formula is C13H27S. The summed E-state index contributed by atoms with van der Waals surface area (Å²) in [6, 6.07) is 0. The highest BCUT2D eigenvalue weighted by Crippen LogP contribution is 2.20. The number of hydrogen-bond donors (Lipinski definition) is 0. The van der Waals surface area contributed by atoms with Crippen LogP contribution >= 0.6 is 12.6 Å². The zero-order valence-electron chi connectivity index (χ0n) is 10.1. The van der Waals surface area contributed by atoms with E-state index in [2.05, 4.69) is 13.8 Å². The Hall–Kier alpha value is 0.350. The average molecular weight is 215 g/mol. The Labute approximate surface area is 96.3 Å². The number of hydrogen-bond acceptors (Lipinski definition) is 0. The second-order valence-corrected chi connectivity index (χ2v) is 4.73. The van der Waals surface area contributed by atoms with Crippen LogP contribution in [0.3, 0.4) is 0 Å². The maximum atomic E-state index is 4.93. The molecule has 0 rings (SSSR count). The molecule has 1 atom stereocenters. The predicted octanol–water partition coefficient (Wildman–Crippen LogP) is 5.35. The first-order valence-electron chi connectivity index (χ1n) is 6.43. The fourth-order valence-electron chi connectivity index (χ4n) is 1.93. The van der Waals surface area contributed by atoms with Crippen LogP contribution < -0.4 is 0 Å². The quantitative estimate of drug-likeness (QED) is 0.431. The monoisotopic (exact) mass is 215 g/mol. The number of rotatable bonds is 10. The first kappa shape index (κ1) is 14.3. The summed E-state index contributed by atoms with van der Waals surface area (Å²) in [6.45, 7) is 4.62. The molecule has 0 aromatic carbocycles. The van der Waals surface area contributed by atoms with Crippen molar-refractivity contribution in [1.29, 1.82) is 0 Å². The van der Waals surface area contributed by atoms with E-state index < -0.39 is 0 Å². The first-order valence-corrected chi connectivity index (χ1v) is 7.00. The van der Waals surface area contributed by atoms with Gasteiger partial charge in [0.25, 0.3) is 0 Å². The van der Waals surface area contributed by atoms with Crippen LogP contribution in [0.25, 0.3) is 0 Å². The van der Waals surface area contributed by atoms with Crippen LogP contribution in [0, 0.1) is 5.92 Å². The van der Waals surface area contributed by atoms with Crippen molar-refractivity contribution in [2.24, 2.45) is 5.92 Å². The third kappa shape index (κ3) is 8.93. The molecule has 0 fully saturated rings. The van der Waals surface area contributed by atoms with Crippen molar-refractivity contribution < 1.29 is 0 Å². The van der Waals surface area contributed by atoms with Crippen molar-refractivity contribution in [2.75, 3.05) is 5.75 Å². The fraction of sp³-hybridized carbons (Fsp3) is 1.00. The van der Waals surface area contributed by atoms with Crippen molar-refractivity contribution in [3.63, 3.8) is 0 Å². The third-order valence-corrected chi connectivity index (χ3v) is 3.34. The maximum absolute atomic E-state index is 4.93. The second-order valence-electron chi connectivity index (χ2n) is 4.32. The molecule has 1 heteroatoms. The SMILES string of the molecule is CCCCC(CC)CCCCCC[S]. The molecule has 1 radical (unpaired) electrons. The van der Waals surface area contributed by atoms with Crippen LogP contribution in [-0.2, 0) is 0 Å². The van der Waals surface area contributed by atoms with E-state index in [9.17, 15) is 0 Å². The van der Waals surface area contributed by atoms with E-state index in [0.29, 0.717) is 0 Å². The van der Waals surface area contributed by atoms with Crippen LogP contribution in [0.2, 0.25) is 0 Å². The maximum Gasteiger partial charge on any atom is 0.00369 e. The van der Waals surface area contributed by atoms with Crippen LogP contribution in [0.15, 0.2) is 0 Å². The van der Waals surface area contributed by atoms with Crippen LogP contribution in [0.5, 0.6) is 0 Å². The zero-order chi connectivity index (χ0) is 10.6. The van der Waals surface area contributed by atoms with Gasteiger partial charge in [0.2, 0.25) is 0 Å². The smallest absolute Gasteiger partial charge is 0.00369 e. The van der Waals surface area contributed by atoms with Crippen LogP contribution in [0.4, 0.5) is 0 Å². The Morgan fingerprint density at radius 1 is 0.857 bits per heavy atom. The lowest BCUT2D eigenvalue weighted by Gasteiger charge is -2.13.